The van der Waals surface area contributed by atoms with Gasteiger partial charge < -0.3 is 14.7 Å². The zero-order chi connectivity index (χ0) is 14.7. The van der Waals surface area contributed by atoms with Gasteiger partial charge >= 0.3 is 11.7 Å². The number of carbonyl (C=O) groups is 1. The van der Waals surface area contributed by atoms with Gasteiger partial charge in [0.15, 0.2) is 5.75 Å². The van der Waals surface area contributed by atoms with Crippen LogP contribution in [0.5, 0.6) is 5.75 Å². The summed E-state index contributed by atoms with van der Waals surface area (Å²) >= 11 is 0. The summed E-state index contributed by atoms with van der Waals surface area (Å²) in [7, 11) is 0. The number of nitrogens with zero attached hydrogens (tertiary/aromatic N) is 2. The number of anilines is 1. The monoisotopic (exact) mass is 280 g/mol. The van der Waals surface area contributed by atoms with Crippen LogP contribution in [0.25, 0.3) is 0 Å². The van der Waals surface area contributed by atoms with Crippen LogP contribution in [0.2, 0.25) is 0 Å². The average molecular weight is 280 g/mol. The minimum atomic E-state index is -0.876. The van der Waals surface area contributed by atoms with Crippen molar-refractivity contribution < 1.29 is 19.6 Å². The number of benzene rings is 1. The summed E-state index contributed by atoms with van der Waals surface area (Å²) in [5.41, 5.74) is 0.533. The van der Waals surface area contributed by atoms with Crippen LogP contribution in [-0.2, 0) is 4.79 Å². The third kappa shape index (κ3) is 2.66. The first-order valence-corrected chi connectivity index (χ1v) is 6.45. The number of nitro benzene ring substituents is 1. The summed E-state index contributed by atoms with van der Waals surface area (Å²) < 4.78 is 5.28. The first-order valence-electron chi connectivity index (χ1n) is 6.45. The van der Waals surface area contributed by atoms with Crippen molar-refractivity contribution >= 4 is 17.3 Å². The van der Waals surface area contributed by atoms with Crippen molar-refractivity contribution in [2.45, 2.75) is 25.8 Å². The van der Waals surface area contributed by atoms with Gasteiger partial charge in [-0.2, -0.15) is 0 Å². The molecular formula is C13H16N2O5. The van der Waals surface area contributed by atoms with E-state index in [1.807, 2.05) is 0 Å². The minimum absolute atomic E-state index is 0.110. The Balaban J connectivity index is 2.35. The first-order chi connectivity index (χ1) is 9.54. The lowest BCUT2D eigenvalue weighted by atomic mass is 10.2. The number of aliphatic carboxylic acids is 1. The number of hydrogen-bond donors (Lipinski definition) is 1. The highest BCUT2D eigenvalue weighted by Crippen LogP contribution is 2.34. The molecule has 1 aliphatic heterocycles. The van der Waals surface area contributed by atoms with Gasteiger partial charge in [0.05, 0.1) is 11.5 Å². The molecule has 7 heteroatoms. The summed E-state index contributed by atoms with van der Waals surface area (Å²) in [4.78, 5) is 23.3. The van der Waals surface area contributed by atoms with Crippen molar-refractivity contribution in [2.24, 2.45) is 0 Å². The van der Waals surface area contributed by atoms with Crippen LogP contribution in [0.15, 0.2) is 18.2 Å². The van der Waals surface area contributed by atoms with Gasteiger partial charge in [-0.3, -0.25) is 10.1 Å². The Morgan fingerprint density at radius 2 is 2.35 bits per heavy atom. The summed E-state index contributed by atoms with van der Waals surface area (Å²) in [5.74, 6) is -0.704. The molecule has 0 radical (unpaired) electrons. The van der Waals surface area contributed by atoms with E-state index < -0.39 is 16.9 Å². The zero-order valence-electron chi connectivity index (χ0n) is 11.1. The lowest BCUT2D eigenvalue weighted by Crippen LogP contribution is -2.35. The predicted octanol–water partition coefficient (Wildman–Crippen LogP) is 2.05. The molecule has 0 aromatic heterocycles. The number of carboxylic acid groups (broad SMARTS) is 1. The Bertz CT molecular complexity index is 531. The molecule has 0 spiro atoms. The zero-order valence-corrected chi connectivity index (χ0v) is 11.1. The topological polar surface area (TPSA) is 92.9 Å². The molecule has 1 heterocycles. The van der Waals surface area contributed by atoms with E-state index in [0.29, 0.717) is 25.3 Å². The molecule has 108 valence electrons. The van der Waals surface area contributed by atoms with Crippen molar-refractivity contribution in [3.8, 4) is 5.75 Å². The van der Waals surface area contributed by atoms with Gasteiger partial charge in [-0.05, 0) is 25.8 Å². The van der Waals surface area contributed by atoms with E-state index in [2.05, 4.69) is 0 Å². The fourth-order valence-corrected chi connectivity index (χ4v) is 2.44. The van der Waals surface area contributed by atoms with Crippen LogP contribution in [0.4, 0.5) is 11.4 Å². The lowest BCUT2D eigenvalue weighted by molar-refractivity contribution is -0.385. The molecule has 7 nitrogen and oxygen atoms in total. The Morgan fingerprint density at radius 3 is 2.95 bits per heavy atom. The normalized spacial score (nSPS) is 18.1. The lowest BCUT2D eigenvalue weighted by Gasteiger charge is -2.24. The quantitative estimate of drug-likeness (QED) is 0.655. The van der Waals surface area contributed by atoms with E-state index in [1.54, 1.807) is 24.0 Å². The standard InChI is InChI=1S/C13H16N2O5/c1-2-20-12-8-9(5-6-10(12)15(18)19)14-7-3-4-11(14)13(16)17/h5-6,8,11H,2-4,7H2,1H3,(H,16,17). The molecule has 1 atom stereocenters. The number of nitro groups is 1. The van der Waals surface area contributed by atoms with Crippen LogP contribution in [0.1, 0.15) is 19.8 Å². The van der Waals surface area contributed by atoms with Gasteiger partial charge in [-0.15, -0.1) is 0 Å². The van der Waals surface area contributed by atoms with Gasteiger partial charge in [0.2, 0.25) is 0 Å². The van der Waals surface area contributed by atoms with E-state index in [9.17, 15) is 20.0 Å². The molecular weight excluding hydrogens is 264 g/mol. The molecule has 1 fully saturated rings. The van der Waals surface area contributed by atoms with Gasteiger partial charge in [-0.1, -0.05) is 0 Å². The second-order valence-corrected chi connectivity index (χ2v) is 4.53. The molecule has 1 aliphatic rings. The molecule has 0 saturated carbocycles. The first kappa shape index (κ1) is 14.1. The summed E-state index contributed by atoms with van der Waals surface area (Å²) in [6, 6.07) is 3.90. The third-order valence-corrected chi connectivity index (χ3v) is 3.31. The SMILES string of the molecule is CCOc1cc(N2CCCC2C(=O)O)ccc1[N+](=O)[O-]. The second kappa shape index (κ2) is 5.77. The Kier molecular flexibility index (Phi) is 4.07. The van der Waals surface area contributed by atoms with Crippen molar-refractivity contribution in [1.82, 2.24) is 0 Å². The fraction of sp³-hybridized carbons (Fsp3) is 0.462. The summed E-state index contributed by atoms with van der Waals surface area (Å²) in [6.45, 7) is 2.68. The molecule has 2 rings (SSSR count). The Hall–Kier alpha value is -2.31. The van der Waals surface area contributed by atoms with E-state index in [4.69, 9.17) is 4.74 Å². The highest BCUT2D eigenvalue weighted by Gasteiger charge is 2.31. The molecule has 1 aromatic rings. The van der Waals surface area contributed by atoms with Gasteiger partial charge in [0.25, 0.3) is 0 Å². The maximum Gasteiger partial charge on any atom is 0.326 e. The molecule has 1 N–H and O–H groups in total. The summed E-state index contributed by atoms with van der Waals surface area (Å²) in [6.07, 6.45) is 1.37. The molecule has 0 amide bonds. The maximum atomic E-state index is 11.2. The maximum absolute atomic E-state index is 11.2. The number of hydrogen-bond acceptors (Lipinski definition) is 5. The van der Waals surface area contributed by atoms with E-state index in [-0.39, 0.29) is 11.4 Å². The number of rotatable bonds is 5. The molecule has 1 saturated heterocycles. The van der Waals surface area contributed by atoms with E-state index >= 15 is 0 Å². The number of ether oxygens (including phenoxy) is 1. The van der Waals surface area contributed by atoms with Crippen LogP contribution >= 0.6 is 0 Å². The Morgan fingerprint density at radius 1 is 1.60 bits per heavy atom. The van der Waals surface area contributed by atoms with Gasteiger partial charge in [0.1, 0.15) is 6.04 Å². The predicted molar refractivity (Wildman–Crippen MR) is 72.3 cm³/mol. The fourth-order valence-electron chi connectivity index (χ4n) is 2.44. The third-order valence-electron chi connectivity index (χ3n) is 3.31. The highest BCUT2D eigenvalue weighted by atomic mass is 16.6. The van der Waals surface area contributed by atoms with E-state index in [0.717, 1.165) is 6.42 Å². The molecule has 1 aromatic carbocycles. The van der Waals surface area contributed by atoms with Crippen molar-refractivity contribution in [3.05, 3.63) is 28.3 Å². The van der Waals surface area contributed by atoms with Crippen LogP contribution < -0.4 is 9.64 Å². The largest absolute Gasteiger partial charge is 0.487 e. The van der Waals surface area contributed by atoms with Crippen LogP contribution in [0, 0.1) is 10.1 Å². The van der Waals surface area contributed by atoms with Crippen LogP contribution in [0.3, 0.4) is 0 Å². The molecule has 0 aliphatic carbocycles. The van der Waals surface area contributed by atoms with E-state index in [1.165, 1.54) is 6.07 Å². The minimum Gasteiger partial charge on any atom is -0.487 e. The summed E-state index contributed by atoms with van der Waals surface area (Å²) in [5, 5.41) is 20.1. The Labute approximate surface area is 115 Å². The molecule has 20 heavy (non-hydrogen) atoms. The van der Waals surface area contributed by atoms with Crippen molar-refractivity contribution in [1.29, 1.82) is 0 Å². The molecule has 0 bridgehead atoms. The smallest absolute Gasteiger partial charge is 0.326 e. The van der Waals surface area contributed by atoms with Crippen LogP contribution in [-0.4, -0.2) is 35.2 Å². The van der Waals surface area contributed by atoms with Gasteiger partial charge in [0, 0.05) is 24.4 Å². The number of carboxylic acids is 1. The average Bonchev–Trinajstić information content (AvgIpc) is 2.88. The highest BCUT2D eigenvalue weighted by molar-refractivity contribution is 5.79. The molecule has 1 unspecified atom stereocenters. The second-order valence-electron chi connectivity index (χ2n) is 4.53. The van der Waals surface area contributed by atoms with Crippen molar-refractivity contribution in [2.75, 3.05) is 18.1 Å². The van der Waals surface area contributed by atoms with Crippen molar-refractivity contribution in [3.63, 3.8) is 0 Å². The van der Waals surface area contributed by atoms with Gasteiger partial charge in [-0.25, -0.2) is 4.79 Å².